The second kappa shape index (κ2) is 6.57. The van der Waals surface area contributed by atoms with Gasteiger partial charge < -0.3 is 10.6 Å². The van der Waals surface area contributed by atoms with Gasteiger partial charge in [0.25, 0.3) is 0 Å². The number of hydrogen-bond acceptors (Lipinski definition) is 3. The number of amides is 1. The summed E-state index contributed by atoms with van der Waals surface area (Å²) in [6.07, 6.45) is 1.37. The Morgan fingerprint density at radius 2 is 1.89 bits per heavy atom. The molecule has 104 valence electrons. The predicted octanol–water partition coefficient (Wildman–Crippen LogP) is 1.38. The number of rotatable bonds is 5. The van der Waals surface area contributed by atoms with E-state index in [4.69, 9.17) is 5.73 Å². The van der Waals surface area contributed by atoms with Crippen LogP contribution in [0.3, 0.4) is 0 Å². The van der Waals surface area contributed by atoms with Crippen LogP contribution >= 0.6 is 0 Å². The number of anilines is 1. The van der Waals surface area contributed by atoms with Crippen LogP contribution in [0.1, 0.15) is 18.4 Å². The number of hydrogen-bond donors (Lipinski definition) is 1. The van der Waals surface area contributed by atoms with Gasteiger partial charge in [-0.25, -0.2) is 0 Å². The lowest BCUT2D eigenvalue weighted by molar-refractivity contribution is -0.118. The van der Waals surface area contributed by atoms with Crippen molar-refractivity contribution < 1.29 is 4.79 Å². The summed E-state index contributed by atoms with van der Waals surface area (Å²) in [5.74, 6) is -0.196. The van der Waals surface area contributed by atoms with Crippen molar-refractivity contribution in [1.29, 1.82) is 0 Å². The number of piperazine rings is 1. The van der Waals surface area contributed by atoms with E-state index in [1.54, 1.807) is 0 Å². The summed E-state index contributed by atoms with van der Waals surface area (Å²) in [5.41, 5.74) is 7.84. The van der Waals surface area contributed by atoms with Crippen LogP contribution in [0.25, 0.3) is 0 Å². The van der Waals surface area contributed by atoms with E-state index >= 15 is 0 Å². The van der Waals surface area contributed by atoms with Gasteiger partial charge in [0.1, 0.15) is 0 Å². The summed E-state index contributed by atoms with van der Waals surface area (Å²) in [7, 11) is 0. The number of primary amides is 1. The maximum Gasteiger partial charge on any atom is 0.217 e. The molecule has 0 unspecified atom stereocenters. The number of aryl methyl sites for hydroxylation is 1. The molecule has 0 bridgehead atoms. The number of carbonyl (C=O) groups excluding carboxylic acids is 1. The quantitative estimate of drug-likeness (QED) is 0.871. The van der Waals surface area contributed by atoms with Crippen LogP contribution in [0.15, 0.2) is 24.3 Å². The van der Waals surface area contributed by atoms with E-state index in [9.17, 15) is 4.79 Å². The highest BCUT2D eigenvalue weighted by Crippen LogP contribution is 2.20. The molecule has 1 aromatic carbocycles. The standard InChI is InChI=1S/C15H23N3O/c1-13-5-2-3-6-14(13)18-11-9-17(10-12-18)8-4-7-15(16)19/h2-3,5-6H,4,7-12H2,1H3,(H2,16,19). The average Bonchev–Trinajstić information content (AvgIpc) is 2.40. The normalized spacial score (nSPS) is 16.6. The Morgan fingerprint density at radius 3 is 2.53 bits per heavy atom. The SMILES string of the molecule is Cc1ccccc1N1CCN(CCCC(N)=O)CC1. The van der Waals surface area contributed by atoms with Crippen LogP contribution in [0.4, 0.5) is 5.69 Å². The first-order chi connectivity index (χ1) is 9.16. The lowest BCUT2D eigenvalue weighted by Crippen LogP contribution is -2.46. The third-order valence-electron chi connectivity index (χ3n) is 3.73. The number of nitrogens with two attached hydrogens (primary N) is 1. The van der Waals surface area contributed by atoms with Gasteiger partial charge in [-0.05, 0) is 31.5 Å². The van der Waals surface area contributed by atoms with Crippen molar-refractivity contribution in [2.24, 2.45) is 5.73 Å². The number of nitrogens with zero attached hydrogens (tertiary/aromatic N) is 2. The Labute approximate surface area is 115 Å². The number of carbonyl (C=O) groups is 1. The first kappa shape index (κ1) is 13.9. The fourth-order valence-electron chi connectivity index (χ4n) is 2.61. The Morgan fingerprint density at radius 1 is 1.21 bits per heavy atom. The molecule has 4 heteroatoms. The van der Waals surface area contributed by atoms with Gasteiger partial charge in [-0.15, -0.1) is 0 Å². The molecule has 0 saturated carbocycles. The molecule has 0 atom stereocenters. The van der Waals surface area contributed by atoms with Crippen molar-refractivity contribution in [3.05, 3.63) is 29.8 Å². The van der Waals surface area contributed by atoms with Crippen molar-refractivity contribution in [1.82, 2.24) is 4.90 Å². The van der Waals surface area contributed by atoms with E-state index in [0.717, 1.165) is 39.1 Å². The highest BCUT2D eigenvalue weighted by Gasteiger charge is 2.17. The maximum absolute atomic E-state index is 10.7. The maximum atomic E-state index is 10.7. The molecule has 1 saturated heterocycles. The van der Waals surface area contributed by atoms with Gasteiger partial charge in [0.15, 0.2) is 0 Å². The second-order valence-corrected chi connectivity index (χ2v) is 5.19. The second-order valence-electron chi connectivity index (χ2n) is 5.19. The minimum absolute atomic E-state index is 0.196. The lowest BCUT2D eigenvalue weighted by atomic mass is 10.1. The Kier molecular flexibility index (Phi) is 4.80. The fourth-order valence-corrected chi connectivity index (χ4v) is 2.61. The molecular formula is C15H23N3O. The van der Waals surface area contributed by atoms with Gasteiger partial charge >= 0.3 is 0 Å². The molecule has 2 rings (SSSR count). The molecule has 1 amide bonds. The smallest absolute Gasteiger partial charge is 0.217 e. The topological polar surface area (TPSA) is 49.6 Å². The van der Waals surface area contributed by atoms with Gasteiger partial charge in [-0.3, -0.25) is 9.69 Å². The summed E-state index contributed by atoms with van der Waals surface area (Å²) >= 11 is 0. The zero-order chi connectivity index (χ0) is 13.7. The van der Waals surface area contributed by atoms with Crippen LogP contribution < -0.4 is 10.6 Å². The molecular weight excluding hydrogens is 238 g/mol. The van der Waals surface area contributed by atoms with Gasteiger partial charge in [-0.2, -0.15) is 0 Å². The molecule has 0 aliphatic carbocycles. The van der Waals surface area contributed by atoms with E-state index in [1.165, 1.54) is 11.3 Å². The minimum Gasteiger partial charge on any atom is -0.370 e. The fraction of sp³-hybridized carbons (Fsp3) is 0.533. The third kappa shape index (κ3) is 3.96. The molecule has 1 aromatic rings. The molecule has 1 aliphatic heterocycles. The Bertz CT molecular complexity index is 425. The van der Waals surface area contributed by atoms with E-state index in [-0.39, 0.29) is 5.91 Å². The monoisotopic (exact) mass is 261 g/mol. The van der Waals surface area contributed by atoms with Crippen molar-refractivity contribution in [3.8, 4) is 0 Å². The molecule has 0 radical (unpaired) electrons. The number of benzene rings is 1. The summed E-state index contributed by atoms with van der Waals surface area (Å²) in [5, 5.41) is 0. The first-order valence-corrected chi connectivity index (χ1v) is 6.98. The third-order valence-corrected chi connectivity index (χ3v) is 3.73. The van der Waals surface area contributed by atoms with Crippen LogP contribution in [0, 0.1) is 6.92 Å². The van der Waals surface area contributed by atoms with Crippen LogP contribution in [0.5, 0.6) is 0 Å². The minimum atomic E-state index is -0.196. The molecule has 0 spiro atoms. The lowest BCUT2D eigenvalue weighted by Gasteiger charge is -2.36. The zero-order valence-electron chi connectivity index (χ0n) is 11.6. The van der Waals surface area contributed by atoms with E-state index < -0.39 is 0 Å². The molecule has 1 aliphatic rings. The van der Waals surface area contributed by atoms with Gasteiger partial charge in [0.2, 0.25) is 5.91 Å². The molecule has 0 aromatic heterocycles. The van der Waals surface area contributed by atoms with Gasteiger partial charge in [0, 0.05) is 38.3 Å². The van der Waals surface area contributed by atoms with Gasteiger partial charge in [0.05, 0.1) is 0 Å². The van der Waals surface area contributed by atoms with Crippen molar-refractivity contribution in [2.45, 2.75) is 19.8 Å². The molecule has 2 N–H and O–H groups in total. The molecule has 1 fully saturated rings. The van der Waals surface area contributed by atoms with Gasteiger partial charge in [-0.1, -0.05) is 18.2 Å². The molecule has 4 nitrogen and oxygen atoms in total. The predicted molar refractivity (Wildman–Crippen MR) is 78.3 cm³/mol. The first-order valence-electron chi connectivity index (χ1n) is 6.98. The van der Waals surface area contributed by atoms with Crippen LogP contribution in [-0.4, -0.2) is 43.5 Å². The van der Waals surface area contributed by atoms with E-state index in [1.807, 2.05) is 0 Å². The summed E-state index contributed by atoms with van der Waals surface area (Å²) < 4.78 is 0. The molecule has 19 heavy (non-hydrogen) atoms. The van der Waals surface area contributed by atoms with Crippen LogP contribution in [0.2, 0.25) is 0 Å². The molecule has 1 heterocycles. The highest BCUT2D eigenvalue weighted by molar-refractivity contribution is 5.73. The van der Waals surface area contributed by atoms with E-state index in [0.29, 0.717) is 6.42 Å². The average molecular weight is 261 g/mol. The van der Waals surface area contributed by atoms with E-state index in [2.05, 4.69) is 41.0 Å². The Hall–Kier alpha value is -1.55. The van der Waals surface area contributed by atoms with Crippen molar-refractivity contribution in [3.63, 3.8) is 0 Å². The van der Waals surface area contributed by atoms with Crippen molar-refractivity contribution >= 4 is 11.6 Å². The largest absolute Gasteiger partial charge is 0.370 e. The Balaban J connectivity index is 1.79. The van der Waals surface area contributed by atoms with Crippen molar-refractivity contribution in [2.75, 3.05) is 37.6 Å². The zero-order valence-corrected chi connectivity index (χ0v) is 11.6. The van der Waals surface area contributed by atoms with Crippen LogP contribution in [-0.2, 0) is 4.79 Å². The highest BCUT2D eigenvalue weighted by atomic mass is 16.1. The summed E-state index contributed by atoms with van der Waals surface area (Å²) in [6.45, 7) is 7.38. The number of para-hydroxylation sites is 1. The summed E-state index contributed by atoms with van der Waals surface area (Å²) in [6, 6.07) is 8.53. The summed E-state index contributed by atoms with van der Waals surface area (Å²) in [4.78, 5) is 15.6.